The zero-order valence-electron chi connectivity index (χ0n) is 16.1. The molecule has 0 saturated carbocycles. The third kappa shape index (κ3) is 2.68. The van der Waals surface area contributed by atoms with Gasteiger partial charge in [-0.2, -0.15) is 10.4 Å². The zero-order chi connectivity index (χ0) is 20.1. The highest BCUT2D eigenvalue weighted by atomic mass is 19.1. The van der Waals surface area contributed by atoms with E-state index in [1.807, 2.05) is 10.8 Å². The van der Waals surface area contributed by atoms with Gasteiger partial charge in [0.25, 0.3) is 0 Å². The fraction of sp³-hybridized carbons (Fsp3) is 0.429. The van der Waals surface area contributed by atoms with Gasteiger partial charge in [0, 0.05) is 35.9 Å². The van der Waals surface area contributed by atoms with Gasteiger partial charge < -0.3 is 4.74 Å². The van der Waals surface area contributed by atoms with Crippen LogP contribution in [0.15, 0.2) is 30.1 Å². The van der Waals surface area contributed by atoms with Gasteiger partial charge in [-0.05, 0) is 31.4 Å². The molecule has 2 aromatic heterocycles. The van der Waals surface area contributed by atoms with Crippen LogP contribution in [0.2, 0.25) is 0 Å². The van der Waals surface area contributed by atoms with E-state index in [1.165, 1.54) is 19.3 Å². The van der Waals surface area contributed by atoms with E-state index in [2.05, 4.69) is 10.1 Å². The van der Waals surface area contributed by atoms with E-state index < -0.39 is 16.8 Å². The topological polar surface area (TPSA) is 80.8 Å². The number of allylic oxidation sites excluding steroid dienone is 1. The van der Waals surface area contributed by atoms with Crippen LogP contribution in [0.25, 0.3) is 11.1 Å². The summed E-state index contributed by atoms with van der Waals surface area (Å²) in [4.78, 5) is 17.0. The first-order valence-corrected chi connectivity index (χ1v) is 9.25. The van der Waals surface area contributed by atoms with Gasteiger partial charge in [-0.25, -0.2) is 4.39 Å². The minimum atomic E-state index is -1.11. The van der Waals surface area contributed by atoms with Crippen molar-refractivity contribution in [2.75, 3.05) is 7.11 Å². The van der Waals surface area contributed by atoms with Gasteiger partial charge in [0.05, 0.1) is 23.7 Å². The highest BCUT2D eigenvalue weighted by Crippen LogP contribution is 2.47. The number of ether oxygens (including phenoxy) is 1. The summed E-state index contributed by atoms with van der Waals surface area (Å²) < 4.78 is 22.0. The van der Waals surface area contributed by atoms with Gasteiger partial charge in [-0.1, -0.05) is 13.8 Å². The molecule has 3 heterocycles. The lowest BCUT2D eigenvalue weighted by molar-refractivity contribution is -0.128. The Morgan fingerprint density at radius 2 is 2.11 bits per heavy atom. The monoisotopic (exact) mass is 380 g/mol. The second-order valence-electron chi connectivity index (χ2n) is 8.03. The molecular weight excluding hydrogens is 359 g/mol. The van der Waals surface area contributed by atoms with Crippen LogP contribution in [-0.4, -0.2) is 27.7 Å². The normalized spacial score (nSPS) is 23.2. The summed E-state index contributed by atoms with van der Waals surface area (Å²) in [6, 6.07) is 3.42. The molecule has 0 amide bonds. The highest BCUT2D eigenvalue weighted by Gasteiger charge is 2.48. The largest absolute Gasteiger partial charge is 0.368 e. The molecule has 0 spiro atoms. The minimum absolute atomic E-state index is 0.0374. The Morgan fingerprint density at radius 1 is 1.32 bits per heavy atom. The van der Waals surface area contributed by atoms with Crippen molar-refractivity contribution >= 4 is 5.78 Å². The fourth-order valence-electron chi connectivity index (χ4n) is 4.38. The molecule has 6 nitrogen and oxygen atoms in total. The maximum atomic E-state index is 14.2. The molecule has 1 atom stereocenters. The molecule has 28 heavy (non-hydrogen) atoms. The van der Waals surface area contributed by atoms with E-state index in [-0.39, 0.29) is 11.4 Å². The number of nitriles is 1. The van der Waals surface area contributed by atoms with Gasteiger partial charge in [0.2, 0.25) is 0 Å². The second-order valence-corrected chi connectivity index (χ2v) is 8.03. The Morgan fingerprint density at radius 3 is 2.82 bits per heavy atom. The molecule has 2 aromatic rings. The molecule has 0 N–H and O–H groups in total. The number of carbonyl (C=O) groups excluding carboxylic acids is 1. The van der Waals surface area contributed by atoms with E-state index >= 15 is 0 Å². The summed E-state index contributed by atoms with van der Waals surface area (Å²) in [5.41, 5.74) is 1.04. The Labute approximate surface area is 162 Å². The minimum Gasteiger partial charge on any atom is -0.368 e. The SMILES string of the molecule is COC1(c2ncc(F)cc2-c2cnn3c2CCC3)C=C(C#N)C(=O)C(C)(C)C1. The quantitative estimate of drug-likeness (QED) is 0.816. The molecule has 1 unspecified atom stereocenters. The van der Waals surface area contributed by atoms with Gasteiger partial charge in [0.15, 0.2) is 5.78 Å². The summed E-state index contributed by atoms with van der Waals surface area (Å²) in [6.45, 7) is 4.41. The molecule has 1 aliphatic carbocycles. The Bertz CT molecular complexity index is 1050. The Balaban J connectivity index is 1.97. The van der Waals surface area contributed by atoms with Crippen LogP contribution < -0.4 is 0 Å². The number of rotatable bonds is 3. The van der Waals surface area contributed by atoms with Crippen LogP contribution in [0.5, 0.6) is 0 Å². The van der Waals surface area contributed by atoms with Crippen molar-refractivity contribution in [3.8, 4) is 17.2 Å². The molecule has 0 aromatic carbocycles. The fourth-order valence-corrected chi connectivity index (χ4v) is 4.38. The lowest BCUT2D eigenvalue weighted by atomic mass is 9.68. The lowest BCUT2D eigenvalue weighted by Crippen LogP contribution is -2.43. The van der Waals surface area contributed by atoms with Gasteiger partial charge in [-0.3, -0.25) is 14.5 Å². The molecule has 7 heteroatoms. The maximum Gasteiger partial charge on any atom is 0.178 e. The van der Waals surface area contributed by atoms with Crippen molar-refractivity contribution in [1.82, 2.24) is 14.8 Å². The van der Waals surface area contributed by atoms with Crippen molar-refractivity contribution in [1.29, 1.82) is 5.26 Å². The van der Waals surface area contributed by atoms with Crippen LogP contribution in [0, 0.1) is 22.6 Å². The predicted octanol–water partition coefficient (Wildman–Crippen LogP) is 3.32. The number of fused-ring (bicyclic) bond motifs is 1. The highest BCUT2D eigenvalue weighted by molar-refractivity contribution is 6.04. The van der Waals surface area contributed by atoms with Crippen molar-refractivity contribution in [3.05, 3.63) is 47.3 Å². The van der Waals surface area contributed by atoms with Crippen LogP contribution in [0.3, 0.4) is 0 Å². The molecule has 0 fully saturated rings. The third-order valence-electron chi connectivity index (χ3n) is 5.70. The summed E-state index contributed by atoms with van der Waals surface area (Å²) in [5.74, 6) is -0.684. The molecule has 1 aliphatic heterocycles. The van der Waals surface area contributed by atoms with E-state index in [0.717, 1.165) is 36.8 Å². The van der Waals surface area contributed by atoms with Gasteiger partial charge >= 0.3 is 0 Å². The number of nitrogens with zero attached hydrogens (tertiary/aromatic N) is 4. The van der Waals surface area contributed by atoms with E-state index in [0.29, 0.717) is 17.7 Å². The summed E-state index contributed by atoms with van der Waals surface area (Å²) in [5, 5.41) is 13.9. The van der Waals surface area contributed by atoms with Crippen molar-refractivity contribution < 1.29 is 13.9 Å². The Kier molecular flexibility index (Phi) is 4.20. The average Bonchev–Trinajstić information content (AvgIpc) is 3.27. The molecule has 0 bridgehead atoms. The average molecular weight is 380 g/mol. The van der Waals surface area contributed by atoms with Crippen LogP contribution in [-0.2, 0) is 28.1 Å². The second kappa shape index (κ2) is 6.35. The van der Waals surface area contributed by atoms with Crippen LogP contribution in [0.4, 0.5) is 4.39 Å². The van der Waals surface area contributed by atoms with Gasteiger partial charge in [0.1, 0.15) is 17.5 Å². The van der Waals surface area contributed by atoms with Crippen molar-refractivity contribution in [2.24, 2.45) is 5.41 Å². The number of halogens is 1. The first kappa shape index (κ1) is 18.5. The van der Waals surface area contributed by atoms with Crippen LogP contribution >= 0.6 is 0 Å². The molecule has 4 rings (SSSR count). The van der Waals surface area contributed by atoms with E-state index in [9.17, 15) is 14.4 Å². The standard InChI is InChI=1S/C21H21FN4O2/c1-20(2)12-21(28-3,8-13(9-23)19(20)27)18-15(7-14(22)10-24-18)16-11-25-26-6-4-5-17(16)26/h7-8,10-11H,4-6,12H2,1-3H3. The predicted molar refractivity (Wildman–Crippen MR) is 99.5 cm³/mol. The zero-order valence-corrected chi connectivity index (χ0v) is 16.1. The van der Waals surface area contributed by atoms with Crippen molar-refractivity contribution in [2.45, 2.75) is 45.3 Å². The first-order chi connectivity index (χ1) is 13.3. The molecule has 144 valence electrons. The number of Topliss-reactive ketones (excluding diaryl/α,β-unsaturated/α-hetero) is 1. The summed E-state index contributed by atoms with van der Waals surface area (Å²) >= 11 is 0. The number of aromatic nitrogens is 3. The van der Waals surface area contributed by atoms with E-state index in [1.54, 1.807) is 20.0 Å². The maximum absolute atomic E-state index is 14.2. The molecule has 0 saturated heterocycles. The van der Waals surface area contributed by atoms with E-state index in [4.69, 9.17) is 4.74 Å². The number of aryl methyl sites for hydroxylation is 1. The molecular formula is C21H21FN4O2. The first-order valence-electron chi connectivity index (χ1n) is 9.25. The number of methoxy groups -OCH3 is 1. The molecule has 2 aliphatic rings. The number of ketones is 1. The number of hydrogen-bond donors (Lipinski definition) is 0. The van der Waals surface area contributed by atoms with Crippen molar-refractivity contribution in [3.63, 3.8) is 0 Å². The smallest absolute Gasteiger partial charge is 0.178 e. The number of pyridine rings is 1. The number of carbonyl (C=O) groups is 1. The summed E-state index contributed by atoms with van der Waals surface area (Å²) in [7, 11) is 1.52. The summed E-state index contributed by atoms with van der Waals surface area (Å²) in [6.07, 6.45) is 6.56. The lowest BCUT2D eigenvalue weighted by Gasteiger charge is -2.40. The molecule has 0 radical (unpaired) electrons. The van der Waals surface area contributed by atoms with Crippen LogP contribution in [0.1, 0.15) is 38.1 Å². The number of hydrogen-bond acceptors (Lipinski definition) is 5. The third-order valence-corrected chi connectivity index (χ3v) is 5.70. The van der Waals surface area contributed by atoms with Gasteiger partial charge in [-0.15, -0.1) is 0 Å². The Hall–Kier alpha value is -2.85.